The molecule has 96 valence electrons. The molecule has 0 aromatic heterocycles. The van der Waals surface area contributed by atoms with Crippen molar-refractivity contribution in [3.05, 3.63) is 29.8 Å². The normalized spacial score (nSPS) is 12.0. The molecule has 0 unspecified atom stereocenters. The van der Waals surface area contributed by atoms with Crippen LogP contribution in [0.2, 0.25) is 0 Å². The number of hydrazine groups is 1. The second-order valence-corrected chi connectivity index (χ2v) is 5.58. The van der Waals surface area contributed by atoms with Gasteiger partial charge < -0.3 is 5.32 Å². The Morgan fingerprint density at radius 2 is 2.00 bits per heavy atom. The third kappa shape index (κ3) is 4.43. The van der Waals surface area contributed by atoms with Crippen LogP contribution in [0.4, 0.5) is 0 Å². The summed E-state index contributed by atoms with van der Waals surface area (Å²) < 4.78 is 23.8. The maximum atomic E-state index is 11.9. The van der Waals surface area contributed by atoms with Gasteiger partial charge in [-0.2, -0.15) is 0 Å². The Labute approximate surface area is 103 Å². The van der Waals surface area contributed by atoms with Crippen LogP contribution in [0, 0.1) is 0 Å². The minimum atomic E-state index is -3.46. The number of rotatable bonds is 6. The van der Waals surface area contributed by atoms with Crippen LogP contribution in [0.1, 0.15) is 12.5 Å². The maximum absolute atomic E-state index is 11.9. The van der Waals surface area contributed by atoms with E-state index in [1.165, 1.54) is 5.01 Å². The highest BCUT2D eigenvalue weighted by molar-refractivity contribution is 7.89. The Hall–Kier alpha value is -0.950. The van der Waals surface area contributed by atoms with E-state index in [2.05, 4.69) is 10.1 Å². The molecule has 0 saturated heterocycles. The fourth-order valence-corrected chi connectivity index (χ4v) is 2.54. The summed E-state index contributed by atoms with van der Waals surface area (Å²) >= 11 is 0. The minimum Gasteiger partial charge on any atom is -0.313 e. The largest absolute Gasteiger partial charge is 0.313 e. The molecule has 0 bridgehead atoms. The van der Waals surface area contributed by atoms with Gasteiger partial charge in [0, 0.05) is 20.6 Å². The van der Waals surface area contributed by atoms with Crippen LogP contribution in [-0.2, 0) is 16.6 Å². The van der Waals surface area contributed by atoms with Gasteiger partial charge in [-0.05, 0) is 24.2 Å². The summed E-state index contributed by atoms with van der Waals surface area (Å²) in [6.45, 7) is 3.53. The fraction of sp³-hybridized carbons (Fsp3) is 0.455. The summed E-state index contributed by atoms with van der Waals surface area (Å²) in [5.41, 5.74) is 0.952. The Bertz CT molecular complexity index is 458. The fourth-order valence-electron chi connectivity index (χ4n) is 1.39. The van der Waals surface area contributed by atoms with Gasteiger partial charge in [0.25, 0.3) is 10.0 Å². The number of sulfonamides is 1. The monoisotopic (exact) mass is 257 g/mol. The molecule has 0 radical (unpaired) electrons. The zero-order chi connectivity index (χ0) is 12.9. The van der Waals surface area contributed by atoms with E-state index in [0.717, 1.165) is 12.1 Å². The van der Waals surface area contributed by atoms with E-state index in [9.17, 15) is 8.42 Å². The van der Waals surface area contributed by atoms with Crippen molar-refractivity contribution in [1.29, 1.82) is 0 Å². The SMILES string of the molecule is CCNCc1cccc(S(=O)(=O)NN(C)C)c1. The molecule has 0 saturated carbocycles. The summed E-state index contributed by atoms with van der Waals surface area (Å²) in [5, 5.41) is 4.57. The predicted octanol–water partition coefficient (Wildman–Crippen LogP) is 0.551. The van der Waals surface area contributed by atoms with Gasteiger partial charge in [-0.15, -0.1) is 4.83 Å². The van der Waals surface area contributed by atoms with Gasteiger partial charge in [-0.25, -0.2) is 13.4 Å². The molecule has 1 rings (SSSR count). The first-order chi connectivity index (χ1) is 7.95. The molecule has 1 aromatic rings. The highest BCUT2D eigenvalue weighted by atomic mass is 32.2. The summed E-state index contributed by atoms with van der Waals surface area (Å²) in [7, 11) is -0.181. The van der Waals surface area contributed by atoms with E-state index < -0.39 is 10.0 Å². The molecule has 0 aliphatic heterocycles. The van der Waals surface area contributed by atoms with Gasteiger partial charge in [0.05, 0.1) is 4.90 Å². The Morgan fingerprint density at radius 3 is 2.59 bits per heavy atom. The molecule has 17 heavy (non-hydrogen) atoms. The summed E-state index contributed by atoms with van der Waals surface area (Å²) in [6, 6.07) is 6.91. The molecule has 5 nitrogen and oxygen atoms in total. The standard InChI is InChI=1S/C11H19N3O2S/c1-4-12-9-10-6-5-7-11(8-10)17(15,16)13-14(2)3/h5-8,12-13H,4,9H2,1-3H3. The van der Waals surface area contributed by atoms with Crippen LogP contribution in [0.15, 0.2) is 29.2 Å². The van der Waals surface area contributed by atoms with Crippen molar-refractivity contribution in [2.75, 3.05) is 20.6 Å². The number of hydrogen-bond acceptors (Lipinski definition) is 4. The predicted molar refractivity (Wildman–Crippen MR) is 67.8 cm³/mol. The first kappa shape index (κ1) is 14.1. The first-order valence-electron chi connectivity index (χ1n) is 5.45. The maximum Gasteiger partial charge on any atom is 0.253 e. The molecule has 1 aromatic carbocycles. The van der Waals surface area contributed by atoms with Crippen molar-refractivity contribution in [3.63, 3.8) is 0 Å². The highest BCUT2D eigenvalue weighted by Gasteiger charge is 2.14. The molecule has 0 aliphatic carbocycles. The van der Waals surface area contributed by atoms with Gasteiger partial charge in [0.2, 0.25) is 0 Å². The second kappa shape index (κ2) is 6.11. The molecular formula is C11H19N3O2S. The second-order valence-electron chi connectivity index (χ2n) is 3.92. The van der Waals surface area contributed by atoms with E-state index >= 15 is 0 Å². The number of benzene rings is 1. The molecule has 0 amide bonds. The molecule has 2 N–H and O–H groups in total. The smallest absolute Gasteiger partial charge is 0.253 e. The van der Waals surface area contributed by atoms with Crippen molar-refractivity contribution >= 4 is 10.0 Å². The van der Waals surface area contributed by atoms with Crippen molar-refractivity contribution in [2.45, 2.75) is 18.4 Å². The van der Waals surface area contributed by atoms with E-state index in [1.54, 1.807) is 32.3 Å². The average molecular weight is 257 g/mol. The third-order valence-corrected chi connectivity index (χ3v) is 3.57. The first-order valence-corrected chi connectivity index (χ1v) is 6.93. The summed E-state index contributed by atoms with van der Waals surface area (Å²) in [5.74, 6) is 0. The Kier molecular flexibility index (Phi) is 5.07. The van der Waals surface area contributed by atoms with Gasteiger partial charge in [-0.1, -0.05) is 19.1 Å². The molecule has 0 fully saturated rings. The van der Waals surface area contributed by atoms with Crippen molar-refractivity contribution < 1.29 is 8.42 Å². The van der Waals surface area contributed by atoms with E-state index in [1.807, 2.05) is 13.0 Å². The van der Waals surface area contributed by atoms with Crippen molar-refractivity contribution in [2.24, 2.45) is 0 Å². The van der Waals surface area contributed by atoms with E-state index in [4.69, 9.17) is 0 Å². The lowest BCUT2D eigenvalue weighted by atomic mass is 10.2. The number of nitrogens with one attached hydrogen (secondary N) is 2. The zero-order valence-corrected chi connectivity index (χ0v) is 11.2. The lowest BCUT2D eigenvalue weighted by Crippen LogP contribution is -2.36. The number of nitrogens with zero attached hydrogens (tertiary/aromatic N) is 1. The van der Waals surface area contributed by atoms with Crippen molar-refractivity contribution in [1.82, 2.24) is 15.2 Å². The van der Waals surface area contributed by atoms with E-state index in [0.29, 0.717) is 6.54 Å². The van der Waals surface area contributed by atoms with Crippen molar-refractivity contribution in [3.8, 4) is 0 Å². The molecule has 0 aliphatic rings. The third-order valence-electron chi connectivity index (χ3n) is 2.09. The minimum absolute atomic E-state index is 0.279. The topological polar surface area (TPSA) is 61.4 Å². The molecular weight excluding hydrogens is 238 g/mol. The Morgan fingerprint density at radius 1 is 1.29 bits per heavy atom. The van der Waals surface area contributed by atoms with Gasteiger partial charge in [0.1, 0.15) is 0 Å². The average Bonchev–Trinajstić information content (AvgIpc) is 2.25. The van der Waals surface area contributed by atoms with Gasteiger partial charge in [0.15, 0.2) is 0 Å². The van der Waals surface area contributed by atoms with Crippen LogP contribution >= 0.6 is 0 Å². The quantitative estimate of drug-likeness (QED) is 0.731. The van der Waals surface area contributed by atoms with Crippen LogP contribution < -0.4 is 10.1 Å². The Balaban J connectivity index is 2.91. The van der Waals surface area contributed by atoms with Crippen LogP contribution in [0.25, 0.3) is 0 Å². The number of hydrogen-bond donors (Lipinski definition) is 2. The molecule has 0 atom stereocenters. The van der Waals surface area contributed by atoms with Crippen LogP contribution in [0.5, 0.6) is 0 Å². The molecule has 0 heterocycles. The molecule has 0 spiro atoms. The van der Waals surface area contributed by atoms with Gasteiger partial charge in [-0.3, -0.25) is 0 Å². The van der Waals surface area contributed by atoms with Crippen LogP contribution in [0.3, 0.4) is 0 Å². The zero-order valence-electron chi connectivity index (χ0n) is 10.4. The summed E-state index contributed by atoms with van der Waals surface area (Å²) in [4.78, 5) is 2.68. The highest BCUT2D eigenvalue weighted by Crippen LogP contribution is 2.11. The van der Waals surface area contributed by atoms with Gasteiger partial charge >= 0.3 is 0 Å². The van der Waals surface area contributed by atoms with E-state index in [-0.39, 0.29) is 4.90 Å². The molecule has 6 heteroatoms. The lowest BCUT2D eigenvalue weighted by molar-refractivity contribution is 0.364. The lowest BCUT2D eigenvalue weighted by Gasteiger charge is -2.13. The summed E-state index contributed by atoms with van der Waals surface area (Å²) in [6.07, 6.45) is 0. The van der Waals surface area contributed by atoms with Crippen LogP contribution in [-0.4, -0.2) is 34.1 Å².